The summed E-state index contributed by atoms with van der Waals surface area (Å²) >= 11 is 0. The summed E-state index contributed by atoms with van der Waals surface area (Å²) in [5.74, 6) is 0.785. The number of anilines is 2. The average Bonchev–Trinajstić information content (AvgIpc) is 2.55. The van der Waals surface area contributed by atoms with Gasteiger partial charge >= 0.3 is 12.1 Å². The summed E-state index contributed by atoms with van der Waals surface area (Å²) in [6.45, 7) is 6.50. The molecule has 0 aromatic heterocycles. The maximum absolute atomic E-state index is 12.2. The van der Waals surface area contributed by atoms with Crippen molar-refractivity contribution in [3.8, 4) is 0 Å². The monoisotopic (exact) mass is 347 g/mol. The van der Waals surface area contributed by atoms with Crippen LogP contribution in [0.2, 0.25) is 0 Å². The number of amides is 3. The topological polar surface area (TPSA) is 79.5 Å². The summed E-state index contributed by atoms with van der Waals surface area (Å²) < 4.78 is 5.09. The van der Waals surface area contributed by atoms with E-state index in [4.69, 9.17) is 4.74 Å². The first-order valence-electron chi connectivity index (χ1n) is 9.05. The van der Waals surface area contributed by atoms with Crippen molar-refractivity contribution in [3.63, 3.8) is 0 Å². The van der Waals surface area contributed by atoms with E-state index in [0.717, 1.165) is 19.3 Å². The third-order valence-electron chi connectivity index (χ3n) is 4.34. The smallest absolute Gasteiger partial charge is 0.411 e. The minimum absolute atomic E-state index is 0.210. The normalized spacial score (nSPS) is 20.0. The summed E-state index contributed by atoms with van der Waals surface area (Å²) in [6.07, 6.45) is 4.08. The number of carbonyl (C=O) groups excluding carboxylic acids is 2. The van der Waals surface area contributed by atoms with Gasteiger partial charge in [-0.15, -0.1) is 0 Å². The van der Waals surface area contributed by atoms with Crippen LogP contribution in [0.4, 0.5) is 21.0 Å². The van der Waals surface area contributed by atoms with Gasteiger partial charge in [0, 0.05) is 17.4 Å². The third kappa shape index (κ3) is 6.64. The standard InChI is InChI=1S/C19H29N3O3/c1-13(2)12-25-19(24)21-16-9-6-8-15(11-16)20-18(23)22-17-10-5-4-7-14(17)3/h6,8-9,11,13-14,17H,4-5,7,10,12H2,1-3H3,(H,21,24)(H2,20,22,23). The second kappa shape index (κ2) is 9.30. The van der Waals surface area contributed by atoms with Crippen LogP contribution in [0.3, 0.4) is 0 Å². The highest BCUT2D eigenvalue weighted by Gasteiger charge is 2.22. The molecule has 6 heteroatoms. The highest BCUT2D eigenvalue weighted by molar-refractivity contribution is 5.91. The summed E-state index contributed by atoms with van der Waals surface area (Å²) in [5.41, 5.74) is 1.21. The number of benzene rings is 1. The number of urea groups is 1. The zero-order valence-electron chi connectivity index (χ0n) is 15.3. The van der Waals surface area contributed by atoms with Crippen molar-refractivity contribution < 1.29 is 14.3 Å². The number of ether oxygens (including phenoxy) is 1. The van der Waals surface area contributed by atoms with E-state index in [1.54, 1.807) is 24.3 Å². The van der Waals surface area contributed by atoms with Gasteiger partial charge in [-0.25, -0.2) is 9.59 Å². The van der Waals surface area contributed by atoms with Crippen molar-refractivity contribution in [2.45, 2.75) is 52.5 Å². The van der Waals surface area contributed by atoms with Crippen LogP contribution in [0.5, 0.6) is 0 Å². The zero-order valence-corrected chi connectivity index (χ0v) is 15.3. The number of nitrogens with one attached hydrogen (secondary N) is 3. The first kappa shape index (κ1) is 19.1. The molecule has 6 nitrogen and oxygen atoms in total. The molecule has 2 unspecified atom stereocenters. The Hall–Kier alpha value is -2.24. The molecule has 25 heavy (non-hydrogen) atoms. The maximum Gasteiger partial charge on any atom is 0.411 e. The number of rotatable bonds is 5. The lowest BCUT2D eigenvalue weighted by Gasteiger charge is -2.29. The summed E-state index contributed by atoms with van der Waals surface area (Å²) in [7, 11) is 0. The number of hydrogen-bond acceptors (Lipinski definition) is 3. The lowest BCUT2D eigenvalue weighted by molar-refractivity contribution is 0.147. The molecule has 1 fully saturated rings. The van der Waals surface area contributed by atoms with Gasteiger partial charge in [0.25, 0.3) is 0 Å². The summed E-state index contributed by atoms with van der Waals surface area (Å²) in [5, 5.41) is 8.55. The molecule has 0 radical (unpaired) electrons. The number of carbonyl (C=O) groups is 2. The van der Waals surface area contributed by atoms with Crippen molar-refractivity contribution in [2.75, 3.05) is 17.2 Å². The van der Waals surface area contributed by atoms with E-state index in [1.807, 2.05) is 13.8 Å². The Bertz CT molecular complexity index is 589. The first-order chi connectivity index (χ1) is 11.9. The fourth-order valence-corrected chi connectivity index (χ4v) is 2.94. The molecule has 1 aromatic carbocycles. The van der Waals surface area contributed by atoms with Gasteiger partial charge < -0.3 is 15.4 Å². The minimum Gasteiger partial charge on any atom is -0.449 e. The molecule has 0 saturated heterocycles. The van der Waals surface area contributed by atoms with E-state index in [-0.39, 0.29) is 18.0 Å². The van der Waals surface area contributed by atoms with E-state index >= 15 is 0 Å². The lowest BCUT2D eigenvalue weighted by Crippen LogP contribution is -2.43. The minimum atomic E-state index is -0.494. The van der Waals surface area contributed by atoms with Gasteiger partial charge in [0.15, 0.2) is 0 Å². The third-order valence-corrected chi connectivity index (χ3v) is 4.34. The molecule has 1 saturated carbocycles. The predicted molar refractivity (Wildman–Crippen MR) is 99.8 cm³/mol. The first-order valence-corrected chi connectivity index (χ1v) is 9.05. The molecule has 1 aliphatic carbocycles. The van der Waals surface area contributed by atoms with E-state index in [1.165, 1.54) is 6.42 Å². The Kier molecular flexibility index (Phi) is 7.10. The largest absolute Gasteiger partial charge is 0.449 e. The Labute approximate surface area is 149 Å². The van der Waals surface area contributed by atoms with E-state index in [0.29, 0.717) is 23.9 Å². The van der Waals surface area contributed by atoms with Gasteiger partial charge in [-0.2, -0.15) is 0 Å². The Morgan fingerprint density at radius 3 is 2.52 bits per heavy atom. The quantitative estimate of drug-likeness (QED) is 0.729. The molecule has 0 heterocycles. The highest BCUT2D eigenvalue weighted by Crippen LogP contribution is 2.24. The fourth-order valence-electron chi connectivity index (χ4n) is 2.94. The summed E-state index contributed by atoms with van der Waals surface area (Å²) in [4.78, 5) is 23.9. The molecule has 3 N–H and O–H groups in total. The Morgan fingerprint density at radius 2 is 1.84 bits per heavy atom. The number of hydrogen-bond donors (Lipinski definition) is 3. The average molecular weight is 347 g/mol. The van der Waals surface area contributed by atoms with Crippen molar-refractivity contribution in [3.05, 3.63) is 24.3 Å². The second-order valence-electron chi connectivity index (χ2n) is 7.16. The van der Waals surface area contributed by atoms with Gasteiger partial charge in [-0.1, -0.05) is 39.7 Å². The Balaban J connectivity index is 1.85. The van der Waals surface area contributed by atoms with Crippen LogP contribution in [-0.2, 0) is 4.74 Å². The van der Waals surface area contributed by atoms with Crippen LogP contribution in [0.15, 0.2) is 24.3 Å². The molecule has 1 aromatic rings. The van der Waals surface area contributed by atoms with Crippen LogP contribution in [0.1, 0.15) is 46.5 Å². The van der Waals surface area contributed by atoms with Crippen LogP contribution < -0.4 is 16.0 Å². The van der Waals surface area contributed by atoms with E-state index < -0.39 is 6.09 Å². The Morgan fingerprint density at radius 1 is 1.16 bits per heavy atom. The van der Waals surface area contributed by atoms with Gasteiger partial charge in [0.2, 0.25) is 0 Å². The van der Waals surface area contributed by atoms with Gasteiger partial charge in [0.05, 0.1) is 6.61 Å². The molecular formula is C19H29N3O3. The molecule has 2 atom stereocenters. The molecule has 2 rings (SSSR count). The SMILES string of the molecule is CC(C)COC(=O)Nc1cccc(NC(=O)NC2CCCCC2C)c1. The van der Waals surface area contributed by atoms with Crippen LogP contribution in [0, 0.1) is 11.8 Å². The highest BCUT2D eigenvalue weighted by atomic mass is 16.5. The van der Waals surface area contributed by atoms with Crippen molar-refractivity contribution in [1.29, 1.82) is 0 Å². The molecule has 1 aliphatic rings. The zero-order chi connectivity index (χ0) is 18.2. The van der Waals surface area contributed by atoms with E-state index in [9.17, 15) is 9.59 Å². The second-order valence-corrected chi connectivity index (χ2v) is 7.16. The van der Waals surface area contributed by atoms with Crippen LogP contribution in [0.25, 0.3) is 0 Å². The van der Waals surface area contributed by atoms with Gasteiger partial charge in [-0.05, 0) is 42.9 Å². The lowest BCUT2D eigenvalue weighted by atomic mass is 9.86. The van der Waals surface area contributed by atoms with E-state index in [2.05, 4.69) is 22.9 Å². The van der Waals surface area contributed by atoms with Crippen molar-refractivity contribution in [1.82, 2.24) is 5.32 Å². The van der Waals surface area contributed by atoms with Crippen molar-refractivity contribution in [2.24, 2.45) is 11.8 Å². The molecular weight excluding hydrogens is 318 g/mol. The van der Waals surface area contributed by atoms with Crippen molar-refractivity contribution >= 4 is 23.5 Å². The van der Waals surface area contributed by atoms with Gasteiger partial charge in [0.1, 0.15) is 0 Å². The molecule has 0 bridgehead atoms. The van der Waals surface area contributed by atoms with Gasteiger partial charge in [-0.3, -0.25) is 5.32 Å². The molecule has 138 valence electrons. The maximum atomic E-state index is 12.2. The molecule has 3 amide bonds. The van der Waals surface area contributed by atoms with Crippen LogP contribution in [-0.4, -0.2) is 24.8 Å². The van der Waals surface area contributed by atoms with Crippen LogP contribution >= 0.6 is 0 Å². The molecule has 0 spiro atoms. The molecule has 0 aliphatic heterocycles. The summed E-state index contributed by atoms with van der Waals surface area (Å²) in [6, 6.07) is 7.04. The fraction of sp³-hybridized carbons (Fsp3) is 0.579. The predicted octanol–water partition coefficient (Wildman–Crippen LogP) is 4.59.